The molecule has 0 saturated carbocycles. The lowest BCUT2D eigenvalue weighted by Gasteiger charge is -2.34. The minimum Gasteiger partial charge on any atom is -0.378 e. The number of nitrogens with one attached hydrogen (secondary N) is 1. The number of ether oxygens (including phenoxy) is 1. The van der Waals surface area contributed by atoms with E-state index < -0.39 is 0 Å². The molecule has 0 atom stereocenters. The predicted octanol–water partition coefficient (Wildman–Crippen LogP) is 2.96. The van der Waals surface area contributed by atoms with Crippen LogP contribution in [0.4, 0.5) is 0 Å². The van der Waals surface area contributed by atoms with E-state index in [-0.39, 0.29) is 0 Å². The van der Waals surface area contributed by atoms with Gasteiger partial charge in [0.25, 0.3) is 0 Å². The van der Waals surface area contributed by atoms with Gasteiger partial charge in [0.1, 0.15) is 0 Å². The van der Waals surface area contributed by atoms with Crippen LogP contribution in [0.5, 0.6) is 0 Å². The zero-order valence-corrected chi connectivity index (χ0v) is 16.8. The molecule has 0 aromatic heterocycles. The number of unbranched alkanes of at least 4 members (excludes halogenated alkanes) is 1. The maximum atomic E-state index is 5.76. The second kappa shape index (κ2) is 11.7. The van der Waals surface area contributed by atoms with Gasteiger partial charge >= 0.3 is 0 Å². The standard InChI is InChI=1S/C20H40N4O/c1-4-21-20(24-16-10-19(11-17-24)25-5-2)22-12-6-7-13-23-14-8-18(3)9-15-23/h18-19H,4-17H2,1-3H3,(H,21,22). The Morgan fingerprint density at radius 2 is 1.76 bits per heavy atom. The molecule has 2 fully saturated rings. The fraction of sp³-hybridized carbons (Fsp3) is 0.950. The van der Waals surface area contributed by atoms with E-state index in [1.807, 2.05) is 0 Å². The van der Waals surface area contributed by atoms with Gasteiger partial charge < -0.3 is 19.9 Å². The second-order valence-electron chi connectivity index (χ2n) is 7.61. The molecule has 0 amide bonds. The first-order valence-corrected chi connectivity index (χ1v) is 10.6. The van der Waals surface area contributed by atoms with Gasteiger partial charge in [0.15, 0.2) is 5.96 Å². The zero-order valence-electron chi connectivity index (χ0n) is 16.8. The monoisotopic (exact) mass is 352 g/mol. The molecule has 2 aliphatic heterocycles. The van der Waals surface area contributed by atoms with Crippen molar-refractivity contribution in [2.75, 3.05) is 52.4 Å². The van der Waals surface area contributed by atoms with Crippen LogP contribution in [0.15, 0.2) is 4.99 Å². The van der Waals surface area contributed by atoms with E-state index in [1.54, 1.807) is 0 Å². The molecule has 0 aromatic rings. The first-order valence-electron chi connectivity index (χ1n) is 10.6. The Kier molecular flexibility index (Phi) is 9.63. The number of piperidine rings is 2. The van der Waals surface area contributed by atoms with Gasteiger partial charge in [-0.15, -0.1) is 0 Å². The van der Waals surface area contributed by atoms with Crippen molar-refractivity contribution in [3.8, 4) is 0 Å². The Morgan fingerprint density at radius 1 is 1.04 bits per heavy atom. The minimum atomic E-state index is 0.441. The van der Waals surface area contributed by atoms with Crippen LogP contribution in [0.2, 0.25) is 0 Å². The molecule has 0 unspecified atom stereocenters. The zero-order chi connectivity index (χ0) is 17.9. The largest absolute Gasteiger partial charge is 0.378 e. The quantitative estimate of drug-likeness (QED) is 0.414. The van der Waals surface area contributed by atoms with Crippen molar-refractivity contribution in [3.05, 3.63) is 0 Å². The summed E-state index contributed by atoms with van der Waals surface area (Å²) in [6.45, 7) is 15.3. The fourth-order valence-corrected chi connectivity index (χ4v) is 3.81. The van der Waals surface area contributed by atoms with Crippen LogP contribution in [0.1, 0.15) is 59.3 Å². The van der Waals surface area contributed by atoms with Gasteiger partial charge in [0.2, 0.25) is 0 Å². The summed E-state index contributed by atoms with van der Waals surface area (Å²) in [5.41, 5.74) is 0. The highest BCUT2D eigenvalue weighted by Gasteiger charge is 2.21. The van der Waals surface area contributed by atoms with Gasteiger partial charge in [0, 0.05) is 32.8 Å². The molecule has 0 radical (unpaired) electrons. The molecule has 0 aliphatic carbocycles. The van der Waals surface area contributed by atoms with E-state index in [0.717, 1.165) is 57.5 Å². The maximum absolute atomic E-state index is 5.76. The summed E-state index contributed by atoms with van der Waals surface area (Å²) >= 11 is 0. The van der Waals surface area contributed by atoms with Crippen LogP contribution in [0.3, 0.4) is 0 Å². The maximum Gasteiger partial charge on any atom is 0.193 e. The third kappa shape index (κ3) is 7.53. The number of hydrogen-bond donors (Lipinski definition) is 1. The molecule has 0 bridgehead atoms. The van der Waals surface area contributed by atoms with Crippen LogP contribution < -0.4 is 5.32 Å². The number of aliphatic imine (C=N–C) groups is 1. The Morgan fingerprint density at radius 3 is 2.40 bits per heavy atom. The minimum absolute atomic E-state index is 0.441. The van der Waals surface area contributed by atoms with E-state index in [1.165, 1.54) is 45.3 Å². The van der Waals surface area contributed by atoms with E-state index in [0.29, 0.717) is 6.10 Å². The lowest BCUT2D eigenvalue weighted by molar-refractivity contribution is 0.0264. The Balaban J connectivity index is 1.65. The van der Waals surface area contributed by atoms with Crippen molar-refractivity contribution < 1.29 is 4.74 Å². The highest BCUT2D eigenvalue weighted by molar-refractivity contribution is 5.80. The molecule has 5 heteroatoms. The highest BCUT2D eigenvalue weighted by atomic mass is 16.5. The van der Waals surface area contributed by atoms with Crippen molar-refractivity contribution in [3.63, 3.8) is 0 Å². The molecule has 0 spiro atoms. The summed E-state index contributed by atoms with van der Waals surface area (Å²) in [6.07, 6.45) is 7.88. The van der Waals surface area contributed by atoms with Gasteiger partial charge in [0.05, 0.1) is 6.10 Å². The third-order valence-corrected chi connectivity index (χ3v) is 5.50. The average Bonchev–Trinajstić information content (AvgIpc) is 2.63. The normalized spacial score (nSPS) is 21.7. The van der Waals surface area contributed by atoms with Crippen LogP contribution in [0.25, 0.3) is 0 Å². The first kappa shape index (κ1) is 20.5. The molecule has 2 rings (SSSR count). The fourth-order valence-electron chi connectivity index (χ4n) is 3.81. The summed E-state index contributed by atoms with van der Waals surface area (Å²) < 4.78 is 5.76. The van der Waals surface area contributed by atoms with Gasteiger partial charge in [-0.1, -0.05) is 6.92 Å². The Hall–Kier alpha value is -0.810. The van der Waals surface area contributed by atoms with Gasteiger partial charge in [-0.3, -0.25) is 4.99 Å². The molecule has 2 saturated heterocycles. The number of rotatable bonds is 8. The van der Waals surface area contributed by atoms with E-state index in [4.69, 9.17) is 9.73 Å². The van der Waals surface area contributed by atoms with Crippen LogP contribution in [0, 0.1) is 5.92 Å². The SMILES string of the molecule is CCNC(=NCCCCN1CCC(C)CC1)N1CCC(OCC)CC1. The molecule has 5 nitrogen and oxygen atoms in total. The predicted molar refractivity (Wildman–Crippen MR) is 106 cm³/mol. The summed E-state index contributed by atoms with van der Waals surface area (Å²) in [5, 5.41) is 3.47. The molecule has 25 heavy (non-hydrogen) atoms. The molecular formula is C20H40N4O. The Bertz CT molecular complexity index is 372. The highest BCUT2D eigenvalue weighted by Crippen LogP contribution is 2.16. The van der Waals surface area contributed by atoms with Crippen molar-refractivity contribution in [2.24, 2.45) is 10.9 Å². The van der Waals surface area contributed by atoms with Crippen LogP contribution in [-0.2, 0) is 4.74 Å². The number of hydrogen-bond acceptors (Lipinski definition) is 3. The number of nitrogens with zero attached hydrogens (tertiary/aromatic N) is 3. The lowest BCUT2D eigenvalue weighted by atomic mass is 9.99. The topological polar surface area (TPSA) is 40.1 Å². The van der Waals surface area contributed by atoms with E-state index >= 15 is 0 Å². The first-order chi connectivity index (χ1) is 12.2. The summed E-state index contributed by atoms with van der Waals surface area (Å²) in [6, 6.07) is 0. The molecule has 2 aliphatic rings. The summed E-state index contributed by atoms with van der Waals surface area (Å²) in [5.74, 6) is 2.03. The molecular weight excluding hydrogens is 312 g/mol. The third-order valence-electron chi connectivity index (χ3n) is 5.50. The molecule has 0 aromatic carbocycles. The van der Waals surface area contributed by atoms with Gasteiger partial charge in [-0.05, 0) is 77.9 Å². The van der Waals surface area contributed by atoms with Crippen molar-refractivity contribution in [2.45, 2.75) is 65.4 Å². The van der Waals surface area contributed by atoms with Gasteiger partial charge in [-0.2, -0.15) is 0 Å². The summed E-state index contributed by atoms with van der Waals surface area (Å²) in [4.78, 5) is 9.92. The summed E-state index contributed by atoms with van der Waals surface area (Å²) in [7, 11) is 0. The lowest BCUT2D eigenvalue weighted by Crippen LogP contribution is -2.47. The van der Waals surface area contributed by atoms with E-state index in [9.17, 15) is 0 Å². The molecule has 1 N–H and O–H groups in total. The van der Waals surface area contributed by atoms with Gasteiger partial charge in [-0.25, -0.2) is 0 Å². The second-order valence-corrected chi connectivity index (χ2v) is 7.61. The molecule has 2 heterocycles. The van der Waals surface area contributed by atoms with E-state index in [2.05, 4.69) is 35.9 Å². The van der Waals surface area contributed by atoms with Crippen molar-refractivity contribution in [1.82, 2.24) is 15.1 Å². The van der Waals surface area contributed by atoms with Crippen LogP contribution >= 0.6 is 0 Å². The number of likely N-dealkylation sites (tertiary alicyclic amines) is 2. The van der Waals surface area contributed by atoms with Crippen LogP contribution in [-0.4, -0.2) is 74.3 Å². The number of guanidine groups is 1. The smallest absolute Gasteiger partial charge is 0.193 e. The van der Waals surface area contributed by atoms with Crippen molar-refractivity contribution in [1.29, 1.82) is 0 Å². The molecule has 146 valence electrons. The Labute approximate surface area is 155 Å². The van der Waals surface area contributed by atoms with Crippen molar-refractivity contribution >= 4 is 5.96 Å². The average molecular weight is 353 g/mol.